The Bertz CT molecular complexity index is 947. The molecule has 2 aromatic carbocycles. The summed E-state index contributed by atoms with van der Waals surface area (Å²) in [7, 11) is 0. The summed E-state index contributed by atoms with van der Waals surface area (Å²) in [6, 6.07) is 15.2. The number of benzene rings is 2. The van der Waals surface area contributed by atoms with Gasteiger partial charge in [-0.05, 0) is 43.1 Å². The van der Waals surface area contributed by atoms with E-state index in [2.05, 4.69) is 25.8 Å². The molecule has 0 spiro atoms. The second kappa shape index (κ2) is 8.47. The number of nitrogens with one attached hydrogen (secondary N) is 3. The lowest BCUT2D eigenvalue weighted by Crippen LogP contribution is -2.39. The first-order valence-electron chi connectivity index (χ1n) is 9.15. The van der Waals surface area contributed by atoms with Gasteiger partial charge in [-0.1, -0.05) is 34.8 Å². The third-order valence-electron chi connectivity index (χ3n) is 4.60. The molecule has 3 N–H and O–H groups in total. The molecule has 1 aliphatic heterocycles. The molecule has 28 heavy (non-hydrogen) atoms. The summed E-state index contributed by atoms with van der Waals surface area (Å²) in [5.74, 6) is 0.757. The van der Waals surface area contributed by atoms with Crippen LogP contribution in [-0.4, -0.2) is 28.1 Å². The topological polar surface area (TPSA) is 88.2 Å². The van der Waals surface area contributed by atoms with Crippen molar-refractivity contribution in [3.8, 4) is 17.0 Å². The van der Waals surface area contributed by atoms with Crippen molar-refractivity contribution >= 4 is 23.1 Å². The van der Waals surface area contributed by atoms with Crippen LogP contribution in [0.25, 0.3) is 11.3 Å². The van der Waals surface area contributed by atoms with Gasteiger partial charge in [0.1, 0.15) is 17.5 Å². The van der Waals surface area contributed by atoms with Crippen molar-refractivity contribution in [2.45, 2.75) is 25.4 Å². The average molecular weight is 395 g/mol. The number of hydrogen-bond donors (Lipinski definition) is 3. The Balaban J connectivity index is 1.42. The van der Waals surface area contributed by atoms with Gasteiger partial charge in [0, 0.05) is 22.2 Å². The number of anilines is 1. The van der Waals surface area contributed by atoms with E-state index in [4.69, 9.17) is 4.74 Å². The van der Waals surface area contributed by atoms with E-state index in [0.29, 0.717) is 13.0 Å². The number of hydrogen-bond acceptors (Lipinski definition) is 7. The molecule has 144 valence electrons. The summed E-state index contributed by atoms with van der Waals surface area (Å²) in [6.45, 7) is 2.56. The summed E-state index contributed by atoms with van der Waals surface area (Å²) in [5.41, 5.74) is 9.82. The second-order valence-electron chi connectivity index (χ2n) is 6.46. The van der Waals surface area contributed by atoms with Crippen LogP contribution in [0.3, 0.4) is 0 Å². The normalized spacial score (nSPS) is 18.8. The molecule has 2 atom stereocenters. The smallest absolute Gasteiger partial charge is 0.242 e. The van der Waals surface area contributed by atoms with E-state index in [1.54, 1.807) is 0 Å². The Morgan fingerprint density at radius 3 is 2.96 bits per heavy atom. The summed E-state index contributed by atoms with van der Waals surface area (Å²) >= 11 is 1.30. The first-order chi connectivity index (χ1) is 13.7. The molecule has 1 saturated heterocycles. The van der Waals surface area contributed by atoms with Crippen LogP contribution in [0.15, 0.2) is 53.9 Å². The van der Waals surface area contributed by atoms with E-state index in [-0.39, 0.29) is 18.0 Å². The maximum absolute atomic E-state index is 12.7. The van der Waals surface area contributed by atoms with Gasteiger partial charge in [-0.15, -0.1) is 5.10 Å². The first-order valence-corrected chi connectivity index (χ1v) is 9.99. The molecule has 7 nitrogen and oxygen atoms in total. The van der Waals surface area contributed by atoms with E-state index in [1.165, 1.54) is 11.5 Å². The summed E-state index contributed by atoms with van der Waals surface area (Å²) in [5, 5.41) is 8.93. The minimum absolute atomic E-state index is 0.00548. The zero-order valence-corrected chi connectivity index (χ0v) is 16.2. The molecule has 3 aromatic rings. The highest BCUT2D eigenvalue weighted by molar-refractivity contribution is 7.03. The van der Waals surface area contributed by atoms with Crippen LogP contribution >= 0.6 is 11.5 Å². The Kier molecular flexibility index (Phi) is 5.61. The molecule has 2 heterocycles. The molecule has 0 bridgehead atoms. The fourth-order valence-corrected chi connectivity index (χ4v) is 3.73. The molecule has 0 saturated carbocycles. The molecule has 0 aliphatic carbocycles. The largest absolute Gasteiger partial charge is 0.494 e. The summed E-state index contributed by atoms with van der Waals surface area (Å²) in [6.07, 6.45) is 0.631. The van der Waals surface area contributed by atoms with Gasteiger partial charge in [0.2, 0.25) is 5.91 Å². The Labute approximate surface area is 167 Å². The molecule has 1 aliphatic rings. The number of rotatable bonds is 6. The number of nitrogens with zero attached hydrogens (tertiary/aromatic N) is 2. The lowest BCUT2D eigenvalue weighted by molar-refractivity contribution is -0.117. The van der Waals surface area contributed by atoms with E-state index >= 15 is 0 Å². The molecule has 2 unspecified atom stereocenters. The predicted molar refractivity (Wildman–Crippen MR) is 109 cm³/mol. The molecular formula is C20H21N5O2S. The highest BCUT2D eigenvalue weighted by Gasteiger charge is 2.31. The number of amides is 1. The monoisotopic (exact) mass is 395 g/mol. The number of hydrazine groups is 1. The van der Waals surface area contributed by atoms with Crippen molar-refractivity contribution < 1.29 is 9.53 Å². The maximum Gasteiger partial charge on any atom is 0.242 e. The van der Waals surface area contributed by atoms with Gasteiger partial charge in [0.15, 0.2) is 0 Å². The van der Waals surface area contributed by atoms with Crippen LogP contribution in [0.2, 0.25) is 0 Å². The Hall–Kier alpha value is -2.81. The number of carbonyl (C=O) groups is 1. The van der Waals surface area contributed by atoms with Crippen LogP contribution in [-0.2, 0) is 4.79 Å². The van der Waals surface area contributed by atoms with Gasteiger partial charge in [-0.2, -0.15) is 0 Å². The maximum atomic E-state index is 12.7. The summed E-state index contributed by atoms with van der Waals surface area (Å²) < 4.78 is 9.60. The van der Waals surface area contributed by atoms with Gasteiger partial charge in [0.05, 0.1) is 12.6 Å². The van der Waals surface area contributed by atoms with E-state index in [1.807, 2.05) is 60.8 Å². The van der Waals surface area contributed by atoms with Gasteiger partial charge in [-0.25, -0.2) is 10.9 Å². The van der Waals surface area contributed by atoms with Crippen molar-refractivity contribution in [1.29, 1.82) is 0 Å². The number of carbonyl (C=O) groups excluding carboxylic acids is 1. The predicted octanol–water partition coefficient (Wildman–Crippen LogP) is 3.15. The molecule has 4 rings (SSSR count). The quantitative estimate of drug-likeness (QED) is 0.594. The highest BCUT2D eigenvalue weighted by atomic mass is 32.1. The summed E-state index contributed by atoms with van der Waals surface area (Å²) in [4.78, 5) is 12.7. The van der Waals surface area contributed by atoms with Crippen LogP contribution in [0.1, 0.15) is 24.9 Å². The third-order valence-corrected chi connectivity index (χ3v) is 5.10. The first kappa shape index (κ1) is 18.5. The molecule has 1 aromatic heterocycles. The number of ether oxygens (including phenoxy) is 1. The van der Waals surface area contributed by atoms with Gasteiger partial charge in [0.25, 0.3) is 0 Å². The van der Waals surface area contributed by atoms with Crippen molar-refractivity contribution in [1.82, 2.24) is 20.4 Å². The van der Waals surface area contributed by atoms with Crippen molar-refractivity contribution in [2.24, 2.45) is 0 Å². The van der Waals surface area contributed by atoms with Crippen molar-refractivity contribution in [3.05, 3.63) is 59.5 Å². The Morgan fingerprint density at radius 2 is 2.14 bits per heavy atom. The van der Waals surface area contributed by atoms with Crippen LogP contribution in [0, 0.1) is 0 Å². The second-order valence-corrected chi connectivity index (χ2v) is 7.07. The van der Waals surface area contributed by atoms with Crippen LogP contribution < -0.4 is 20.9 Å². The van der Waals surface area contributed by atoms with E-state index < -0.39 is 0 Å². The number of para-hydroxylation sites is 1. The Morgan fingerprint density at radius 1 is 1.25 bits per heavy atom. The van der Waals surface area contributed by atoms with E-state index in [0.717, 1.165) is 28.3 Å². The molecule has 8 heteroatoms. The standard InChI is InChI=1S/C20H21N5O2S/c1-2-27-19-9-4-3-8-15(19)16-11-17(23-22-16)20(26)21-14-7-5-6-13(10-14)18-12-28-25-24-18/h3-10,12,16-17,22-23H,2,11H2,1H3,(H,21,26). The van der Waals surface area contributed by atoms with Crippen molar-refractivity contribution in [3.63, 3.8) is 0 Å². The zero-order valence-electron chi connectivity index (χ0n) is 15.4. The lowest BCUT2D eigenvalue weighted by atomic mass is 10.0. The fourth-order valence-electron chi connectivity index (χ4n) is 3.26. The zero-order chi connectivity index (χ0) is 19.3. The molecule has 0 radical (unpaired) electrons. The van der Waals surface area contributed by atoms with Crippen LogP contribution in [0.5, 0.6) is 5.75 Å². The number of aromatic nitrogens is 2. The fraction of sp³-hybridized carbons (Fsp3) is 0.250. The molecular weight excluding hydrogens is 374 g/mol. The minimum Gasteiger partial charge on any atom is -0.494 e. The highest BCUT2D eigenvalue weighted by Crippen LogP contribution is 2.30. The van der Waals surface area contributed by atoms with Crippen LogP contribution in [0.4, 0.5) is 5.69 Å². The minimum atomic E-state index is -0.343. The molecule has 1 amide bonds. The van der Waals surface area contributed by atoms with Crippen molar-refractivity contribution in [2.75, 3.05) is 11.9 Å². The van der Waals surface area contributed by atoms with E-state index in [9.17, 15) is 4.79 Å². The molecule has 1 fully saturated rings. The average Bonchev–Trinajstić information content (AvgIpc) is 3.41. The van der Waals surface area contributed by atoms with Gasteiger partial charge in [-0.3, -0.25) is 4.79 Å². The van der Waals surface area contributed by atoms with Gasteiger partial charge < -0.3 is 10.1 Å². The lowest BCUT2D eigenvalue weighted by Gasteiger charge is -2.15. The third kappa shape index (κ3) is 4.04. The SMILES string of the molecule is CCOc1ccccc1C1CC(C(=O)Nc2cccc(-c3csnn3)c2)NN1. The van der Waals surface area contributed by atoms with Gasteiger partial charge >= 0.3 is 0 Å².